The number of hydrogen-bond acceptors (Lipinski definition) is 2. The molecule has 0 bridgehead atoms. The van der Waals surface area contributed by atoms with E-state index in [0.29, 0.717) is 23.5 Å². The molecule has 0 amide bonds. The first-order chi connectivity index (χ1) is 5.90. The van der Waals surface area contributed by atoms with E-state index in [2.05, 4.69) is 0 Å². The molecule has 0 fully saturated rings. The SMILES string of the molecule is CCC[P@@]1(=O)CC=C(Cl)[C@@](C)(O)C1. The lowest BCUT2D eigenvalue weighted by molar-refractivity contribution is 0.129. The number of halogens is 1. The van der Waals surface area contributed by atoms with Gasteiger partial charge in [-0.25, -0.2) is 0 Å². The van der Waals surface area contributed by atoms with E-state index >= 15 is 0 Å². The van der Waals surface area contributed by atoms with Crippen LogP contribution in [0.3, 0.4) is 0 Å². The molecule has 2 atom stereocenters. The van der Waals surface area contributed by atoms with Crippen LogP contribution >= 0.6 is 18.7 Å². The van der Waals surface area contributed by atoms with E-state index < -0.39 is 12.7 Å². The Morgan fingerprint density at radius 1 is 1.77 bits per heavy atom. The molecule has 0 aliphatic carbocycles. The van der Waals surface area contributed by atoms with Gasteiger partial charge in [0.25, 0.3) is 0 Å². The Balaban J connectivity index is 2.85. The van der Waals surface area contributed by atoms with Gasteiger partial charge in [0.1, 0.15) is 5.60 Å². The highest BCUT2D eigenvalue weighted by molar-refractivity contribution is 7.64. The van der Waals surface area contributed by atoms with E-state index in [1.54, 1.807) is 13.0 Å². The van der Waals surface area contributed by atoms with Crippen LogP contribution in [-0.4, -0.2) is 29.2 Å². The smallest absolute Gasteiger partial charge is 0.104 e. The Labute approximate surface area is 84.4 Å². The monoisotopic (exact) mass is 222 g/mol. The maximum absolute atomic E-state index is 12.1. The first-order valence-corrected chi connectivity index (χ1v) is 7.19. The Kier molecular flexibility index (Phi) is 3.27. The van der Waals surface area contributed by atoms with E-state index in [4.69, 9.17) is 11.6 Å². The van der Waals surface area contributed by atoms with Gasteiger partial charge in [0.05, 0.1) is 7.14 Å². The van der Waals surface area contributed by atoms with Crippen LogP contribution in [0.25, 0.3) is 0 Å². The Hall–Kier alpha value is 0.220. The molecule has 0 aromatic carbocycles. The van der Waals surface area contributed by atoms with Gasteiger partial charge in [-0.2, -0.15) is 0 Å². The molecule has 0 radical (unpaired) electrons. The van der Waals surface area contributed by atoms with E-state index in [0.717, 1.165) is 6.42 Å². The van der Waals surface area contributed by atoms with Crippen LogP contribution in [0.4, 0.5) is 0 Å². The molecule has 0 aromatic rings. The van der Waals surface area contributed by atoms with Crippen molar-refractivity contribution in [1.82, 2.24) is 0 Å². The van der Waals surface area contributed by atoms with E-state index in [-0.39, 0.29) is 0 Å². The second kappa shape index (κ2) is 3.76. The van der Waals surface area contributed by atoms with Crippen molar-refractivity contribution >= 4 is 18.7 Å². The lowest BCUT2D eigenvalue weighted by atomic mass is 10.1. The first kappa shape index (κ1) is 11.3. The molecule has 0 spiro atoms. The molecule has 13 heavy (non-hydrogen) atoms. The van der Waals surface area contributed by atoms with Gasteiger partial charge in [0, 0.05) is 23.5 Å². The Morgan fingerprint density at radius 3 is 2.85 bits per heavy atom. The molecule has 2 nitrogen and oxygen atoms in total. The fourth-order valence-corrected chi connectivity index (χ4v) is 5.18. The molecule has 1 aliphatic rings. The van der Waals surface area contributed by atoms with Crippen molar-refractivity contribution in [2.24, 2.45) is 0 Å². The zero-order valence-electron chi connectivity index (χ0n) is 8.09. The van der Waals surface area contributed by atoms with Crippen molar-refractivity contribution in [3.63, 3.8) is 0 Å². The number of aliphatic hydroxyl groups is 1. The van der Waals surface area contributed by atoms with Gasteiger partial charge in [-0.15, -0.1) is 0 Å². The van der Waals surface area contributed by atoms with Crippen LogP contribution < -0.4 is 0 Å². The molecule has 4 heteroatoms. The van der Waals surface area contributed by atoms with Gasteiger partial charge >= 0.3 is 0 Å². The van der Waals surface area contributed by atoms with E-state index in [1.165, 1.54) is 0 Å². The summed E-state index contributed by atoms with van der Waals surface area (Å²) in [6, 6.07) is 0. The van der Waals surface area contributed by atoms with Gasteiger partial charge < -0.3 is 9.67 Å². The molecule has 1 rings (SSSR count). The van der Waals surface area contributed by atoms with Gasteiger partial charge in [-0.3, -0.25) is 0 Å². The predicted molar refractivity (Wildman–Crippen MR) is 57.1 cm³/mol. The number of allylic oxidation sites excluding steroid dienone is 1. The third-order valence-corrected chi connectivity index (χ3v) is 6.21. The van der Waals surface area contributed by atoms with E-state index in [9.17, 15) is 9.67 Å². The average molecular weight is 223 g/mol. The van der Waals surface area contributed by atoms with Crippen LogP contribution in [0.15, 0.2) is 11.1 Å². The summed E-state index contributed by atoms with van der Waals surface area (Å²) in [5.41, 5.74) is -1.06. The molecular formula is C9H16ClO2P. The van der Waals surface area contributed by atoms with Crippen LogP contribution in [0, 0.1) is 0 Å². The molecule has 0 saturated carbocycles. The zero-order valence-corrected chi connectivity index (χ0v) is 9.74. The minimum atomic E-state index is -2.18. The highest BCUT2D eigenvalue weighted by Gasteiger charge is 2.37. The lowest BCUT2D eigenvalue weighted by Crippen LogP contribution is -2.33. The van der Waals surface area contributed by atoms with Crippen molar-refractivity contribution in [3.8, 4) is 0 Å². The minimum absolute atomic E-state index is 0.336. The molecule has 0 saturated heterocycles. The first-order valence-electron chi connectivity index (χ1n) is 4.55. The molecule has 0 aromatic heterocycles. The van der Waals surface area contributed by atoms with Crippen molar-refractivity contribution in [2.75, 3.05) is 18.5 Å². The quantitative estimate of drug-likeness (QED) is 0.730. The normalized spacial score (nSPS) is 40.2. The van der Waals surface area contributed by atoms with Gasteiger partial charge in [0.2, 0.25) is 0 Å². The Bertz CT molecular complexity index is 271. The molecule has 76 valence electrons. The Morgan fingerprint density at radius 2 is 2.38 bits per heavy atom. The summed E-state index contributed by atoms with van der Waals surface area (Å²) >= 11 is 5.83. The third-order valence-electron chi connectivity index (χ3n) is 2.34. The maximum atomic E-state index is 12.1. The van der Waals surface area contributed by atoms with Crippen molar-refractivity contribution < 1.29 is 9.67 Å². The van der Waals surface area contributed by atoms with Crippen molar-refractivity contribution in [1.29, 1.82) is 0 Å². The van der Waals surface area contributed by atoms with Crippen LogP contribution in [0.1, 0.15) is 20.3 Å². The molecule has 1 aliphatic heterocycles. The van der Waals surface area contributed by atoms with Crippen LogP contribution in [-0.2, 0) is 4.57 Å². The number of rotatable bonds is 2. The van der Waals surface area contributed by atoms with Crippen molar-refractivity contribution in [2.45, 2.75) is 25.9 Å². The van der Waals surface area contributed by atoms with Crippen molar-refractivity contribution in [3.05, 3.63) is 11.1 Å². The molecular weight excluding hydrogens is 207 g/mol. The number of hydrogen-bond donors (Lipinski definition) is 1. The van der Waals surface area contributed by atoms with Gasteiger partial charge in [-0.05, 0) is 13.3 Å². The van der Waals surface area contributed by atoms with Gasteiger partial charge in [-0.1, -0.05) is 24.6 Å². The van der Waals surface area contributed by atoms with Gasteiger partial charge in [0.15, 0.2) is 0 Å². The summed E-state index contributed by atoms with van der Waals surface area (Å²) in [4.78, 5) is 0. The fraction of sp³-hybridized carbons (Fsp3) is 0.778. The van der Waals surface area contributed by atoms with Crippen LogP contribution in [0.5, 0.6) is 0 Å². The summed E-state index contributed by atoms with van der Waals surface area (Å²) in [7, 11) is -2.18. The third kappa shape index (κ3) is 2.59. The second-order valence-corrected chi connectivity index (χ2v) is 7.60. The minimum Gasteiger partial charge on any atom is -0.384 e. The summed E-state index contributed by atoms with van der Waals surface area (Å²) in [6.07, 6.45) is 4.21. The fourth-order valence-electron chi connectivity index (χ4n) is 1.75. The van der Waals surface area contributed by atoms with Crippen LogP contribution in [0.2, 0.25) is 0 Å². The standard InChI is InChI=1S/C9H16ClO2P/c1-3-5-13(12)6-4-8(10)9(2,11)7-13/h4,11H,3,5-7H2,1-2H3/t9-,13+/m0/s1. The lowest BCUT2D eigenvalue weighted by Gasteiger charge is -2.32. The summed E-state index contributed by atoms with van der Waals surface area (Å²) < 4.78 is 12.1. The molecule has 0 unspecified atom stereocenters. The topological polar surface area (TPSA) is 37.3 Å². The maximum Gasteiger partial charge on any atom is 0.104 e. The molecule has 1 N–H and O–H groups in total. The summed E-state index contributed by atoms with van der Waals surface area (Å²) in [5.74, 6) is 0. The average Bonchev–Trinajstić information content (AvgIpc) is 1.97. The highest BCUT2D eigenvalue weighted by Crippen LogP contribution is 2.53. The molecule has 1 heterocycles. The second-order valence-electron chi connectivity index (χ2n) is 3.95. The largest absolute Gasteiger partial charge is 0.384 e. The summed E-state index contributed by atoms with van der Waals surface area (Å²) in [5, 5.41) is 10.3. The summed E-state index contributed by atoms with van der Waals surface area (Å²) in [6.45, 7) is 3.64. The zero-order chi connectivity index (χ0) is 10.1. The predicted octanol–water partition coefficient (Wildman–Crippen LogP) is 2.65. The highest BCUT2D eigenvalue weighted by atomic mass is 35.5. The van der Waals surface area contributed by atoms with E-state index in [1.807, 2.05) is 6.92 Å².